The first kappa shape index (κ1) is 16.4. The summed E-state index contributed by atoms with van der Waals surface area (Å²) in [5.74, 6) is 0.232. The van der Waals surface area contributed by atoms with Crippen LogP contribution in [0.1, 0.15) is 53.9 Å². The minimum absolute atomic E-state index is 0.00837. The molecule has 0 saturated carbocycles. The maximum Gasteiger partial charge on any atom is 0.222 e. The van der Waals surface area contributed by atoms with Crippen molar-refractivity contribution in [1.82, 2.24) is 4.90 Å². The summed E-state index contributed by atoms with van der Waals surface area (Å²) in [7, 11) is 1.87. The summed E-state index contributed by atoms with van der Waals surface area (Å²) in [4.78, 5) is 13.7. The Morgan fingerprint density at radius 1 is 1.18 bits per heavy atom. The van der Waals surface area contributed by atoms with Crippen LogP contribution in [0.2, 0.25) is 0 Å². The van der Waals surface area contributed by atoms with E-state index in [0.717, 1.165) is 19.4 Å². The zero-order chi connectivity index (χ0) is 13.7. The van der Waals surface area contributed by atoms with Crippen molar-refractivity contribution < 1.29 is 4.79 Å². The molecule has 0 atom stereocenters. The van der Waals surface area contributed by atoms with E-state index < -0.39 is 0 Å². The van der Waals surface area contributed by atoms with Gasteiger partial charge in [0, 0.05) is 20.0 Å². The van der Waals surface area contributed by atoms with Crippen molar-refractivity contribution in [3.05, 3.63) is 0 Å². The Morgan fingerprint density at radius 2 is 1.71 bits per heavy atom. The lowest BCUT2D eigenvalue weighted by atomic mass is 9.89. The molecule has 0 bridgehead atoms. The number of nitrogens with zero attached hydrogens (tertiary/aromatic N) is 1. The van der Waals surface area contributed by atoms with Crippen LogP contribution in [0.15, 0.2) is 0 Å². The predicted molar refractivity (Wildman–Crippen MR) is 73.8 cm³/mol. The second-order valence-corrected chi connectivity index (χ2v) is 7.03. The van der Waals surface area contributed by atoms with Gasteiger partial charge in [0.2, 0.25) is 5.91 Å². The Hall–Kier alpha value is -0.570. The van der Waals surface area contributed by atoms with Gasteiger partial charge in [-0.05, 0) is 30.2 Å². The number of hydrogen-bond donors (Lipinski definition) is 1. The molecule has 0 unspecified atom stereocenters. The van der Waals surface area contributed by atoms with Gasteiger partial charge in [-0.1, -0.05) is 34.6 Å². The molecular formula is C14H30N2O. The van der Waals surface area contributed by atoms with Gasteiger partial charge in [0.05, 0.1) is 0 Å². The highest BCUT2D eigenvalue weighted by Crippen LogP contribution is 2.22. The lowest BCUT2D eigenvalue weighted by Gasteiger charge is -2.29. The quantitative estimate of drug-likeness (QED) is 0.778. The molecule has 1 amide bonds. The zero-order valence-corrected chi connectivity index (χ0v) is 12.5. The Morgan fingerprint density at radius 3 is 2.12 bits per heavy atom. The lowest BCUT2D eigenvalue weighted by molar-refractivity contribution is -0.131. The summed E-state index contributed by atoms with van der Waals surface area (Å²) in [6, 6.07) is 0. The molecule has 0 aliphatic carbocycles. The molecule has 0 aromatic carbocycles. The number of amides is 1. The Bertz CT molecular complexity index is 241. The topological polar surface area (TPSA) is 46.3 Å². The van der Waals surface area contributed by atoms with Gasteiger partial charge in [-0.2, -0.15) is 0 Å². The summed E-state index contributed by atoms with van der Waals surface area (Å²) in [6.45, 7) is 12.1. The summed E-state index contributed by atoms with van der Waals surface area (Å²) >= 11 is 0. The van der Waals surface area contributed by atoms with Gasteiger partial charge in [0.1, 0.15) is 0 Å². The van der Waals surface area contributed by atoms with E-state index in [4.69, 9.17) is 5.73 Å². The van der Waals surface area contributed by atoms with Crippen LogP contribution in [0.4, 0.5) is 0 Å². The molecular weight excluding hydrogens is 212 g/mol. The molecule has 0 heterocycles. The molecule has 3 heteroatoms. The molecule has 0 aliphatic heterocycles. The van der Waals surface area contributed by atoms with Gasteiger partial charge in [0.15, 0.2) is 0 Å². The Labute approximate surface area is 107 Å². The normalized spacial score (nSPS) is 12.6. The van der Waals surface area contributed by atoms with Crippen LogP contribution < -0.4 is 5.73 Å². The fourth-order valence-corrected chi connectivity index (χ4v) is 1.76. The van der Waals surface area contributed by atoms with Gasteiger partial charge in [-0.15, -0.1) is 0 Å². The molecule has 0 saturated heterocycles. The van der Waals surface area contributed by atoms with Gasteiger partial charge in [-0.3, -0.25) is 4.79 Å². The number of rotatable bonds is 6. The van der Waals surface area contributed by atoms with Crippen LogP contribution in [-0.2, 0) is 4.79 Å². The van der Waals surface area contributed by atoms with Gasteiger partial charge >= 0.3 is 0 Å². The number of carbonyl (C=O) groups excluding carboxylic acids is 1. The third-order valence-electron chi connectivity index (χ3n) is 2.96. The molecule has 3 nitrogen and oxygen atoms in total. The van der Waals surface area contributed by atoms with Crippen LogP contribution in [0, 0.1) is 10.8 Å². The summed E-state index contributed by atoms with van der Waals surface area (Å²) in [5.41, 5.74) is 6.00. The van der Waals surface area contributed by atoms with E-state index in [0.29, 0.717) is 18.4 Å². The summed E-state index contributed by atoms with van der Waals surface area (Å²) in [6.07, 6.45) is 2.71. The van der Waals surface area contributed by atoms with Crippen LogP contribution in [0.3, 0.4) is 0 Å². The minimum atomic E-state index is 0.00837. The summed E-state index contributed by atoms with van der Waals surface area (Å²) in [5, 5.41) is 0. The smallest absolute Gasteiger partial charge is 0.222 e. The van der Waals surface area contributed by atoms with Crippen molar-refractivity contribution in [3.8, 4) is 0 Å². The molecule has 0 radical (unpaired) electrons. The Balaban J connectivity index is 3.99. The molecule has 0 fully saturated rings. The molecule has 17 heavy (non-hydrogen) atoms. The molecule has 0 spiro atoms. The number of hydrogen-bond acceptors (Lipinski definition) is 2. The molecule has 0 aliphatic rings. The second kappa shape index (κ2) is 6.39. The SMILES string of the molecule is CN(CC(C)(C)CN)C(=O)CCCC(C)(C)C. The first-order valence-corrected chi connectivity index (χ1v) is 6.51. The fourth-order valence-electron chi connectivity index (χ4n) is 1.76. The van der Waals surface area contributed by atoms with Crippen LogP contribution in [0.25, 0.3) is 0 Å². The second-order valence-electron chi connectivity index (χ2n) is 7.03. The average molecular weight is 242 g/mol. The largest absolute Gasteiger partial charge is 0.345 e. The van der Waals surface area contributed by atoms with Crippen LogP contribution >= 0.6 is 0 Å². The molecule has 0 aromatic heterocycles. The van der Waals surface area contributed by atoms with E-state index in [1.165, 1.54) is 0 Å². The minimum Gasteiger partial charge on any atom is -0.345 e. The molecule has 0 rings (SSSR count). The van der Waals surface area contributed by atoms with E-state index in [9.17, 15) is 4.79 Å². The highest BCUT2D eigenvalue weighted by Gasteiger charge is 2.21. The van der Waals surface area contributed by atoms with Crippen LogP contribution in [0.5, 0.6) is 0 Å². The monoisotopic (exact) mass is 242 g/mol. The molecule has 0 aromatic rings. The van der Waals surface area contributed by atoms with Crippen molar-refractivity contribution in [2.24, 2.45) is 16.6 Å². The summed E-state index contributed by atoms with van der Waals surface area (Å²) < 4.78 is 0. The van der Waals surface area contributed by atoms with Crippen LogP contribution in [-0.4, -0.2) is 30.9 Å². The first-order chi connectivity index (χ1) is 7.57. The highest BCUT2D eigenvalue weighted by atomic mass is 16.2. The van der Waals surface area contributed by atoms with E-state index >= 15 is 0 Å². The first-order valence-electron chi connectivity index (χ1n) is 6.51. The predicted octanol–water partition coefficient (Wildman–Crippen LogP) is 2.65. The van der Waals surface area contributed by atoms with E-state index in [-0.39, 0.29) is 11.3 Å². The highest BCUT2D eigenvalue weighted by molar-refractivity contribution is 5.75. The standard InChI is InChI=1S/C14H30N2O/c1-13(2,3)9-7-8-12(17)16(6)11-14(4,5)10-15/h7-11,15H2,1-6H3. The average Bonchev–Trinajstić information content (AvgIpc) is 2.15. The third-order valence-corrected chi connectivity index (χ3v) is 2.96. The maximum absolute atomic E-state index is 11.9. The fraction of sp³-hybridized carbons (Fsp3) is 0.929. The number of nitrogens with two attached hydrogens (primary N) is 1. The lowest BCUT2D eigenvalue weighted by Crippen LogP contribution is -2.39. The van der Waals surface area contributed by atoms with E-state index in [2.05, 4.69) is 34.6 Å². The van der Waals surface area contributed by atoms with Crippen molar-refractivity contribution in [2.45, 2.75) is 53.9 Å². The van der Waals surface area contributed by atoms with Crippen molar-refractivity contribution in [1.29, 1.82) is 0 Å². The van der Waals surface area contributed by atoms with Crippen molar-refractivity contribution >= 4 is 5.91 Å². The maximum atomic E-state index is 11.9. The van der Waals surface area contributed by atoms with E-state index in [1.807, 2.05) is 11.9 Å². The van der Waals surface area contributed by atoms with Crippen molar-refractivity contribution in [3.63, 3.8) is 0 Å². The Kier molecular flexibility index (Phi) is 6.17. The molecule has 2 N–H and O–H groups in total. The third kappa shape index (κ3) is 8.19. The van der Waals surface area contributed by atoms with Crippen molar-refractivity contribution in [2.75, 3.05) is 20.1 Å². The van der Waals surface area contributed by atoms with Gasteiger partial charge < -0.3 is 10.6 Å². The van der Waals surface area contributed by atoms with Gasteiger partial charge in [-0.25, -0.2) is 0 Å². The van der Waals surface area contributed by atoms with Gasteiger partial charge in [0.25, 0.3) is 0 Å². The van der Waals surface area contributed by atoms with E-state index in [1.54, 1.807) is 0 Å². The number of carbonyl (C=O) groups is 1. The zero-order valence-electron chi connectivity index (χ0n) is 12.5. The molecule has 102 valence electrons.